The van der Waals surface area contributed by atoms with Crippen LogP contribution in [0.5, 0.6) is 0 Å². The van der Waals surface area contributed by atoms with Crippen molar-refractivity contribution in [2.45, 2.75) is 31.6 Å². The number of amides is 1. The van der Waals surface area contributed by atoms with Crippen molar-refractivity contribution in [2.24, 2.45) is 0 Å². The molecule has 0 saturated carbocycles. The van der Waals surface area contributed by atoms with Crippen LogP contribution in [-0.2, 0) is 11.2 Å². The second kappa shape index (κ2) is 7.51. The van der Waals surface area contributed by atoms with Crippen molar-refractivity contribution in [3.8, 4) is 11.5 Å². The normalized spacial score (nSPS) is 15.3. The number of nitrogens with zero attached hydrogens (tertiary/aromatic N) is 4. The predicted molar refractivity (Wildman–Crippen MR) is 93.1 cm³/mol. The zero-order chi connectivity index (χ0) is 17.8. The summed E-state index contributed by atoms with van der Waals surface area (Å²) in [5.74, 6) is 2.45. The molecule has 7 nitrogen and oxygen atoms in total. The lowest BCUT2D eigenvalue weighted by molar-refractivity contribution is -0.132. The second-order valence-corrected chi connectivity index (χ2v) is 6.43. The van der Waals surface area contributed by atoms with E-state index in [9.17, 15) is 4.79 Å². The number of pyridine rings is 1. The summed E-state index contributed by atoms with van der Waals surface area (Å²) >= 11 is 0. The van der Waals surface area contributed by atoms with E-state index in [0.29, 0.717) is 24.6 Å². The van der Waals surface area contributed by atoms with Crippen LogP contribution in [0.4, 0.5) is 0 Å². The number of hydrogen-bond acceptors (Lipinski definition) is 6. The highest BCUT2D eigenvalue weighted by molar-refractivity contribution is 5.76. The Morgan fingerprint density at radius 3 is 2.85 bits per heavy atom. The van der Waals surface area contributed by atoms with Gasteiger partial charge in [0.05, 0.1) is 11.8 Å². The molecular weight excluding hydrogens is 332 g/mol. The zero-order valence-electron chi connectivity index (χ0n) is 14.4. The smallest absolute Gasteiger partial charge is 0.259 e. The van der Waals surface area contributed by atoms with Gasteiger partial charge in [-0.05, 0) is 37.1 Å². The van der Waals surface area contributed by atoms with Crippen LogP contribution in [0.15, 0.2) is 51.9 Å². The first kappa shape index (κ1) is 16.5. The van der Waals surface area contributed by atoms with Crippen molar-refractivity contribution in [3.05, 3.63) is 54.5 Å². The Kier molecular flexibility index (Phi) is 4.77. The van der Waals surface area contributed by atoms with Gasteiger partial charge in [-0.2, -0.15) is 4.98 Å². The SMILES string of the molecule is O=C(CCc1ccco1)N1CCC(c2noc(-c3cccnc3)n2)CC1. The van der Waals surface area contributed by atoms with E-state index in [4.69, 9.17) is 8.94 Å². The highest BCUT2D eigenvalue weighted by Gasteiger charge is 2.27. The van der Waals surface area contributed by atoms with Gasteiger partial charge in [0.25, 0.3) is 5.89 Å². The van der Waals surface area contributed by atoms with Crippen molar-refractivity contribution in [2.75, 3.05) is 13.1 Å². The summed E-state index contributed by atoms with van der Waals surface area (Å²) < 4.78 is 10.6. The van der Waals surface area contributed by atoms with Crippen molar-refractivity contribution in [1.82, 2.24) is 20.0 Å². The van der Waals surface area contributed by atoms with Gasteiger partial charge in [0.15, 0.2) is 5.82 Å². The molecule has 26 heavy (non-hydrogen) atoms. The molecule has 0 aliphatic carbocycles. The fraction of sp³-hybridized carbons (Fsp3) is 0.368. The molecule has 1 saturated heterocycles. The van der Waals surface area contributed by atoms with Crippen LogP contribution in [0.2, 0.25) is 0 Å². The van der Waals surface area contributed by atoms with Crippen LogP contribution in [-0.4, -0.2) is 39.0 Å². The molecule has 3 aromatic heterocycles. The average molecular weight is 352 g/mol. The molecule has 1 fully saturated rings. The lowest BCUT2D eigenvalue weighted by atomic mass is 9.96. The van der Waals surface area contributed by atoms with E-state index in [0.717, 1.165) is 37.3 Å². The van der Waals surface area contributed by atoms with Gasteiger partial charge in [-0.25, -0.2) is 0 Å². The molecule has 1 amide bonds. The van der Waals surface area contributed by atoms with Crippen LogP contribution < -0.4 is 0 Å². The molecule has 0 aromatic carbocycles. The second-order valence-electron chi connectivity index (χ2n) is 6.43. The summed E-state index contributed by atoms with van der Waals surface area (Å²) in [6, 6.07) is 7.47. The average Bonchev–Trinajstić information content (AvgIpc) is 3.39. The minimum atomic E-state index is 0.170. The third kappa shape index (κ3) is 3.66. The minimum Gasteiger partial charge on any atom is -0.469 e. The van der Waals surface area contributed by atoms with Crippen LogP contribution >= 0.6 is 0 Å². The number of aromatic nitrogens is 3. The lowest BCUT2D eigenvalue weighted by Crippen LogP contribution is -2.38. The van der Waals surface area contributed by atoms with E-state index in [1.807, 2.05) is 29.2 Å². The molecular formula is C19H20N4O3. The van der Waals surface area contributed by atoms with E-state index >= 15 is 0 Å². The Bertz CT molecular complexity index is 837. The molecule has 0 atom stereocenters. The largest absolute Gasteiger partial charge is 0.469 e. The van der Waals surface area contributed by atoms with Gasteiger partial charge in [0, 0.05) is 44.2 Å². The van der Waals surface area contributed by atoms with Gasteiger partial charge in [-0.1, -0.05) is 5.16 Å². The molecule has 1 aliphatic rings. The van der Waals surface area contributed by atoms with Gasteiger partial charge in [0.2, 0.25) is 5.91 Å². The van der Waals surface area contributed by atoms with E-state index in [1.165, 1.54) is 0 Å². The Morgan fingerprint density at radius 2 is 2.12 bits per heavy atom. The van der Waals surface area contributed by atoms with Gasteiger partial charge < -0.3 is 13.8 Å². The highest BCUT2D eigenvalue weighted by Crippen LogP contribution is 2.28. The zero-order valence-corrected chi connectivity index (χ0v) is 14.4. The van der Waals surface area contributed by atoms with E-state index < -0.39 is 0 Å². The molecule has 134 valence electrons. The number of piperidine rings is 1. The van der Waals surface area contributed by atoms with Gasteiger partial charge >= 0.3 is 0 Å². The Labute approximate surface area is 151 Å². The molecule has 3 aromatic rings. The predicted octanol–water partition coefficient (Wildman–Crippen LogP) is 3.06. The van der Waals surface area contributed by atoms with Crippen LogP contribution in [0.25, 0.3) is 11.5 Å². The monoisotopic (exact) mass is 352 g/mol. The number of furan rings is 1. The summed E-state index contributed by atoms with van der Waals surface area (Å²) in [6.07, 6.45) is 7.86. The Balaban J connectivity index is 1.31. The summed E-state index contributed by atoms with van der Waals surface area (Å²) in [5.41, 5.74) is 0.816. The minimum absolute atomic E-state index is 0.170. The number of carbonyl (C=O) groups excluding carboxylic acids is 1. The maximum atomic E-state index is 12.4. The maximum Gasteiger partial charge on any atom is 0.259 e. The molecule has 0 spiro atoms. The Morgan fingerprint density at radius 1 is 1.23 bits per heavy atom. The highest BCUT2D eigenvalue weighted by atomic mass is 16.5. The lowest BCUT2D eigenvalue weighted by Gasteiger charge is -2.30. The molecule has 4 rings (SSSR count). The van der Waals surface area contributed by atoms with Crippen LogP contribution in [0.1, 0.15) is 36.8 Å². The molecule has 1 aliphatic heterocycles. The van der Waals surface area contributed by atoms with Crippen molar-refractivity contribution in [3.63, 3.8) is 0 Å². The third-order valence-electron chi connectivity index (χ3n) is 4.73. The number of hydrogen-bond donors (Lipinski definition) is 0. The van der Waals surface area contributed by atoms with Crippen molar-refractivity contribution >= 4 is 5.91 Å². The quantitative estimate of drug-likeness (QED) is 0.701. The van der Waals surface area contributed by atoms with E-state index in [2.05, 4.69) is 15.1 Å². The molecule has 7 heteroatoms. The maximum absolute atomic E-state index is 12.4. The third-order valence-corrected chi connectivity index (χ3v) is 4.73. The number of carbonyl (C=O) groups is 1. The van der Waals surface area contributed by atoms with Crippen molar-refractivity contribution < 1.29 is 13.7 Å². The van der Waals surface area contributed by atoms with Crippen LogP contribution in [0, 0.1) is 0 Å². The van der Waals surface area contributed by atoms with Crippen LogP contribution in [0.3, 0.4) is 0 Å². The number of rotatable bonds is 5. The number of likely N-dealkylation sites (tertiary alicyclic amines) is 1. The summed E-state index contributed by atoms with van der Waals surface area (Å²) in [6.45, 7) is 1.44. The summed E-state index contributed by atoms with van der Waals surface area (Å²) in [4.78, 5) is 22.9. The first-order valence-corrected chi connectivity index (χ1v) is 8.84. The van der Waals surface area contributed by atoms with E-state index in [-0.39, 0.29) is 11.8 Å². The first-order valence-electron chi connectivity index (χ1n) is 8.84. The number of aryl methyl sites for hydroxylation is 1. The molecule has 0 N–H and O–H groups in total. The van der Waals surface area contributed by atoms with Gasteiger partial charge in [-0.3, -0.25) is 9.78 Å². The summed E-state index contributed by atoms with van der Waals surface area (Å²) in [7, 11) is 0. The fourth-order valence-electron chi connectivity index (χ4n) is 3.24. The molecule has 0 unspecified atom stereocenters. The van der Waals surface area contributed by atoms with Gasteiger partial charge in [0.1, 0.15) is 5.76 Å². The summed E-state index contributed by atoms with van der Waals surface area (Å²) in [5, 5.41) is 4.13. The topological polar surface area (TPSA) is 85.3 Å². The standard InChI is InChI=1S/C19H20N4O3/c24-17(6-5-16-4-2-12-25-16)23-10-7-14(8-11-23)18-21-19(26-22-18)15-3-1-9-20-13-15/h1-4,9,12-14H,5-8,10-11H2. The molecule has 4 heterocycles. The molecule has 0 bridgehead atoms. The Hall–Kier alpha value is -2.96. The van der Waals surface area contributed by atoms with Gasteiger partial charge in [-0.15, -0.1) is 0 Å². The fourth-order valence-corrected chi connectivity index (χ4v) is 3.24. The van der Waals surface area contributed by atoms with E-state index in [1.54, 1.807) is 18.7 Å². The molecule has 0 radical (unpaired) electrons. The first-order chi connectivity index (χ1) is 12.8. The van der Waals surface area contributed by atoms with Crippen molar-refractivity contribution in [1.29, 1.82) is 0 Å².